The topological polar surface area (TPSA) is 78.9 Å². The zero-order valence-corrected chi connectivity index (χ0v) is 48.9. The maximum Gasteiger partial charge on any atom is 0.306 e. The van der Waals surface area contributed by atoms with Crippen molar-refractivity contribution in [3.05, 3.63) is 0 Å². The molecule has 0 aliphatic heterocycles. The number of ether oxygens (including phenoxy) is 3. The maximum absolute atomic E-state index is 12.9. The van der Waals surface area contributed by atoms with E-state index in [1.807, 2.05) is 0 Å². The van der Waals surface area contributed by atoms with Gasteiger partial charge in [-0.15, -0.1) is 0 Å². The minimum atomic E-state index is -0.764. The second kappa shape index (κ2) is 57.7. The fourth-order valence-corrected chi connectivity index (χ4v) is 10.1. The predicted molar refractivity (Wildman–Crippen MR) is 307 cm³/mol. The zero-order valence-electron chi connectivity index (χ0n) is 48.9. The van der Waals surface area contributed by atoms with Crippen LogP contribution in [0.25, 0.3) is 0 Å². The summed E-state index contributed by atoms with van der Waals surface area (Å²) in [6.07, 6.45) is 63.9. The largest absolute Gasteiger partial charge is 0.462 e. The van der Waals surface area contributed by atoms with Crippen molar-refractivity contribution in [1.82, 2.24) is 0 Å². The van der Waals surface area contributed by atoms with Crippen molar-refractivity contribution >= 4 is 17.9 Å². The van der Waals surface area contributed by atoms with Crippen LogP contribution in [0.3, 0.4) is 0 Å². The maximum atomic E-state index is 12.9. The summed E-state index contributed by atoms with van der Waals surface area (Å²) in [5.41, 5.74) is 0. The van der Waals surface area contributed by atoms with Gasteiger partial charge < -0.3 is 14.2 Å². The molecule has 0 rings (SSSR count). The van der Waals surface area contributed by atoms with Crippen LogP contribution in [0.5, 0.6) is 0 Å². The summed E-state index contributed by atoms with van der Waals surface area (Å²) in [7, 11) is 0. The quantitative estimate of drug-likeness (QED) is 0.0343. The lowest BCUT2D eigenvalue weighted by Crippen LogP contribution is -2.30. The van der Waals surface area contributed by atoms with Gasteiger partial charge in [0, 0.05) is 19.3 Å². The summed E-state index contributed by atoms with van der Waals surface area (Å²) in [6.45, 7) is 11.5. The van der Waals surface area contributed by atoms with Gasteiger partial charge >= 0.3 is 17.9 Å². The van der Waals surface area contributed by atoms with Crippen molar-refractivity contribution in [2.24, 2.45) is 11.8 Å². The van der Waals surface area contributed by atoms with E-state index < -0.39 is 6.10 Å². The fraction of sp³-hybridized carbons (Fsp3) is 0.954. The van der Waals surface area contributed by atoms with Crippen molar-refractivity contribution < 1.29 is 28.6 Å². The molecule has 0 aromatic heterocycles. The van der Waals surface area contributed by atoms with Gasteiger partial charge in [-0.2, -0.15) is 0 Å². The molecule has 0 aliphatic rings. The molecule has 0 aliphatic carbocycles. The number of carbonyl (C=O) groups excluding carboxylic acids is 3. The Morgan fingerprint density at radius 1 is 0.296 bits per heavy atom. The summed E-state index contributed by atoms with van der Waals surface area (Å²) in [6, 6.07) is 0. The summed E-state index contributed by atoms with van der Waals surface area (Å²) >= 11 is 0. The third-order valence-electron chi connectivity index (χ3n) is 15.3. The van der Waals surface area contributed by atoms with Crippen molar-refractivity contribution in [2.45, 2.75) is 375 Å². The van der Waals surface area contributed by atoms with Gasteiger partial charge in [-0.3, -0.25) is 14.4 Å². The Morgan fingerprint density at radius 3 is 0.803 bits per heavy atom. The van der Waals surface area contributed by atoms with E-state index in [0.717, 1.165) is 69.6 Å². The summed E-state index contributed by atoms with van der Waals surface area (Å²) < 4.78 is 17.0. The second-order valence-electron chi connectivity index (χ2n) is 23.1. The third-order valence-corrected chi connectivity index (χ3v) is 15.3. The number of hydrogen-bond donors (Lipinski definition) is 0. The number of carbonyl (C=O) groups is 3. The first-order valence-corrected chi connectivity index (χ1v) is 32.3. The minimum Gasteiger partial charge on any atom is -0.462 e. The predicted octanol–water partition coefficient (Wildman–Crippen LogP) is 21.6. The molecule has 0 saturated carbocycles. The average Bonchev–Trinajstić information content (AvgIpc) is 3.36. The van der Waals surface area contributed by atoms with Crippen LogP contribution in [0.4, 0.5) is 0 Å². The molecule has 0 aromatic carbocycles. The van der Waals surface area contributed by atoms with E-state index in [2.05, 4.69) is 34.6 Å². The third kappa shape index (κ3) is 57.5. The number of rotatable bonds is 59. The fourth-order valence-electron chi connectivity index (χ4n) is 10.1. The number of unbranched alkanes of at least 4 members (excludes halogenated alkanes) is 43. The monoisotopic (exact) mass is 1000 g/mol. The van der Waals surface area contributed by atoms with E-state index >= 15 is 0 Å². The molecule has 0 heterocycles. The van der Waals surface area contributed by atoms with E-state index in [1.54, 1.807) is 0 Å². The van der Waals surface area contributed by atoms with Gasteiger partial charge in [0.2, 0.25) is 0 Å². The highest BCUT2D eigenvalue weighted by molar-refractivity contribution is 5.71. The zero-order chi connectivity index (χ0) is 51.8. The lowest BCUT2D eigenvalue weighted by atomic mass is 9.99. The molecule has 1 unspecified atom stereocenters. The molecule has 0 N–H and O–H groups in total. The molecular formula is C65H126O6. The van der Waals surface area contributed by atoms with Crippen molar-refractivity contribution in [1.29, 1.82) is 0 Å². The molecule has 6 nitrogen and oxygen atoms in total. The van der Waals surface area contributed by atoms with Gasteiger partial charge in [-0.25, -0.2) is 0 Å². The van der Waals surface area contributed by atoms with E-state index in [1.165, 1.54) is 257 Å². The van der Waals surface area contributed by atoms with Crippen LogP contribution in [-0.2, 0) is 28.6 Å². The molecule has 0 bridgehead atoms. The minimum absolute atomic E-state index is 0.0620. The molecular weight excluding hydrogens is 877 g/mol. The van der Waals surface area contributed by atoms with Crippen molar-refractivity contribution in [2.75, 3.05) is 13.2 Å². The number of hydrogen-bond acceptors (Lipinski definition) is 6. The van der Waals surface area contributed by atoms with Crippen LogP contribution in [-0.4, -0.2) is 37.2 Å². The molecule has 0 amide bonds. The first-order valence-electron chi connectivity index (χ1n) is 32.3. The van der Waals surface area contributed by atoms with Gasteiger partial charge in [-0.05, 0) is 31.1 Å². The van der Waals surface area contributed by atoms with Gasteiger partial charge in [0.15, 0.2) is 6.10 Å². The lowest BCUT2D eigenvalue weighted by molar-refractivity contribution is -0.167. The molecule has 2 atom stereocenters. The van der Waals surface area contributed by atoms with Crippen LogP contribution in [0.2, 0.25) is 0 Å². The summed E-state index contributed by atoms with van der Waals surface area (Å²) in [4.78, 5) is 38.3. The Hall–Kier alpha value is -1.59. The highest BCUT2D eigenvalue weighted by atomic mass is 16.6. The van der Waals surface area contributed by atoms with Crippen LogP contribution in [0.1, 0.15) is 369 Å². The van der Waals surface area contributed by atoms with Crippen LogP contribution >= 0.6 is 0 Å². The lowest BCUT2D eigenvalue weighted by Gasteiger charge is -2.18. The van der Waals surface area contributed by atoms with Gasteiger partial charge in [0.25, 0.3) is 0 Å². The van der Waals surface area contributed by atoms with E-state index in [4.69, 9.17) is 14.2 Å². The average molecular weight is 1000 g/mol. The van der Waals surface area contributed by atoms with Crippen molar-refractivity contribution in [3.8, 4) is 0 Å². The SMILES string of the molecule is CCCCCCCCCCCCCCCCCCCCC(=O)OC[C@@H](COC(=O)CCCCCCCCCCCCC(C)CC)OC(=O)CCCCCCCCCCCCCCCCCCCCC(C)C. The Labute approximate surface area is 444 Å². The second-order valence-corrected chi connectivity index (χ2v) is 23.1. The van der Waals surface area contributed by atoms with E-state index in [0.29, 0.717) is 19.3 Å². The van der Waals surface area contributed by atoms with Crippen molar-refractivity contribution in [3.63, 3.8) is 0 Å². The van der Waals surface area contributed by atoms with Gasteiger partial charge in [-0.1, -0.05) is 330 Å². The molecule has 71 heavy (non-hydrogen) atoms. The summed E-state index contributed by atoms with van der Waals surface area (Å²) in [5.74, 6) is 0.896. The first kappa shape index (κ1) is 69.4. The smallest absolute Gasteiger partial charge is 0.306 e. The molecule has 0 radical (unpaired) electrons. The molecule has 0 saturated heterocycles. The molecule has 0 aromatic rings. The Morgan fingerprint density at radius 2 is 0.535 bits per heavy atom. The first-order chi connectivity index (χ1) is 34.8. The normalized spacial score (nSPS) is 12.4. The standard InChI is InChI=1S/C65H126O6/c1-6-8-9-10-11-12-13-14-15-16-20-23-26-29-35-40-45-50-55-63(66)69-58-62(59-70-64(67)56-51-46-41-36-32-31-34-39-44-49-54-61(5)7-2)71-65(68)57-52-47-42-37-30-27-24-21-18-17-19-22-25-28-33-38-43-48-53-60(3)4/h60-62H,6-59H2,1-5H3/t61?,62-/m0/s1. The Kier molecular flexibility index (Phi) is 56.4. The van der Waals surface area contributed by atoms with Crippen LogP contribution in [0, 0.1) is 11.8 Å². The Bertz CT molecular complexity index is 1090. The van der Waals surface area contributed by atoms with Gasteiger partial charge in [0.05, 0.1) is 0 Å². The van der Waals surface area contributed by atoms with Gasteiger partial charge in [0.1, 0.15) is 13.2 Å². The highest BCUT2D eigenvalue weighted by Gasteiger charge is 2.19. The van der Waals surface area contributed by atoms with E-state index in [9.17, 15) is 14.4 Å². The van der Waals surface area contributed by atoms with Crippen LogP contribution < -0.4 is 0 Å². The molecule has 0 spiro atoms. The molecule has 6 heteroatoms. The molecule has 0 fully saturated rings. The molecule has 422 valence electrons. The number of esters is 3. The van der Waals surface area contributed by atoms with Crippen LogP contribution in [0.15, 0.2) is 0 Å². The highest BCUT2D eigenvalue weighted by Crippen LogP contribution is 2.19. The Balaban J connectivity index is 4.27. The summed E-state index contributed by atoms with van der Waals surface area (Å²) in [5, 5.41) is 0. The van der Waals surface area contributed by atoms with E-state index in [-0.39, 0.29) is 31.1 Å².